The van der Waals surface area contributed by atoms with Crippen LogP contribution in [-0.2, 0) is 9.53 Å². The van der Waals surface area contributed by atoms with Crippen molar-refractivity contribution in [1.82, 2.24) is 0 Å². The first-order valence-electron chi connectivity index (χ1n) is 8.08. The van der Waals surface area contributed by atoms with E-state index in [4.69, 9.17) is 4.74 Å². The highest BCUT2D eigenvalue weighted by atomic mass is 79.9. The minimum absolute atomic E-state index is 0.156. The number of Topliss-reactive ketones (excluding diaryl/α,β-unsaturated/α-hetero) is 1. The van der Waals surface area contributed by atoms with Gasteiger partial charge in [-0.15, -0.1) is 0 Å². The topological polar surface area (TPSA) is 55.7 Å². The molecule has 25 heavy (non-hydrogen) atoms. The molecule has 1 unspecified atom stereocenters. The Labute approximate surface area is 155 Å². The normalized spacial score (nSPS) is 19.0. The van der Waals surface area contributed by atoms with Gasteiger partial charge >= 0.3 is 5.97 Å². The first-order valence-corrected chi connectivity index (χ1v) is 8.87. The van der Waals surface area contributed by atoms with Crippen LogP contribution >= 0.6 is 15.9 Å². The summed E-state index contributed by atoms with van der Waals surface area (Å²) >= 11 is 3.43. The molecule has 0 amide bonds. The Bertz CT molecular complexity index is 830. The summed E-state index contributed by atoms with van der Waals surface area (Å²) in [7, 11) is 1.34. The lowest BCUT2D eigenvalue weighted by molar-refractivity contribution is -0.118. The number of nitrogens with zero attached hydrogens (tertiary/aromatic N) is 1. The molecule has 2 aromatic rings. The Morgan fingerprint density at radius 2 is 1.88 bits per heavy atom. The molecule has 1 aliphatic rings. The molecule has 0 radical (unpaired) electrons. The van der Waals surface area contributed by atoms with E-state index in [0.717, 1.165) is 17.7 Å². The molecule has 1 fully saturated rings. The number of ether oxygens (including phenoxy) is 1. The number of benzene rings is 2. The van der Waals surface area contributed by atoms with Crippen LogP contribution in [0.4, 0.5) is 5.69 Å². The van der Waals surface area contributed by atoms with Crippen molar-refractivity contribution in [2.45, 2.75) is 25.2 Å². The van der Waals surface area contributed by atoms with Crippen LogP contribution < -0.4 is 0 Å². The molecule has 0 bridgehead atoms. The summed E-state index contributed by atoms with van der Waals surface area (Å²) in [5.74, 6) is -0.0707. The average molecular weight is 400 g/mol. The van der Waals surface area contributed by atoms with E-state index in [0.29, 0.717) is 28.6 Å². The predicted molar refractivity (Wildman–Crippen MR) is 101 cm³/mol. The smallest absolute Gasteiger partial charge is 0.339 e. The molecule has 0 N–H and O–H groups in total. The number of carbonyl (C=O) groups excluding carboxylic acids is 2. The second-order valence-corrected chi connectivity index (χ2v) is 6.83. The molecule has 0 saturated heterocycles. The molecular formula is C20H18BrNO3. The maximum atomic E-state index is 12.2. The van der Waals surface area contributed by atoms with Crippen LogP contribution in [0, 0.1) is 0 Å². The Hall–Kier alpha value is -2.27. The number of rotatable bonds is 3. The van der Waals surface area contributed by atoms with Gasteiger partial charge in [0.15, 0.2) is 0 Å². The van der Waals surface area contributed by atoms with E-state index < -0.39 is 5.97 Å². The van der Waals surface area contributed by atoms with Crippen LogP contribution in [0.2, 0.25) is 0 Å². The molecule has 0 aromatic heterocycles. The molecule has 0 heterocycles. The lowest BCUT2D eigenvalue weighted by Gasteiger charge is -2.23. The van der Waals surface area contributed by atoms with E-state index in [-0.39, 0.29) is 11.7 Å². The van der Waals surface area contributed by atoms with Gasteiger partial charge in [-0.2, -0.15) is 0 Å². The van der Waals surface area contributed by atoms with Crippen molar-refractivity contribution in [3.05, 3.63) is 64.1 Å². The van der Waals surface area contributed by atoms with Gasteiger partial charge in [0.05, 0.1) is 22.8 Å². The number of ketones is 1. The van der Waals surface area contributed by atoms with Crippen LogP contribution in [-0.4, -0.2) is 24.6 Å². The molecule has 2 aromatic carbocycles. The Kier molecular flexibility index (Phi) is 5.43. The van der Waals surface area contributed by atoms with E-state index in [2.05, 4.69) is 33.1 Å². The SMILES string of the molecule is COC(=O)c1cccc(N=C2CC(=O)CC(c3ccccc3)C2)c1Br. The molecule has 3 rings (SSSR count). The van der Waals surface area contributed by atoms with E-state index in [9.17, 15) is 9.59 Å². The summed E-state index contributed by atoms with van der Waals surface area (Å²) in [6.45, 7) is 0. The Morgan fingerprint density at radius 1 is 1.12 bits per heavy atom. The van der Waals surface area contributed by atoms with Crippen LogP contribution in [0.5, 0.6) is 0 Å². The van der Waals surface area contributed by atoms with Crippen molar-refractivity contribution in [3.63, 3.8) is 0 Å². The van der Waals surface area contributed by atoms with E-state index in [1.165, 1.54) is 7.11 Å². The van der Waals surface area contributed by atoms with Crippen LogP contribution in [0.3, 0.4) is 0 Å². The second kappa shape index (κ2) is 7.74. The highest BCUT2D eigenvalue weighted by Crippen LogP contribution is 2.34. The maximum absolute atomic E-state index is 12.2. The van der Waals surface area contributed by atoms with Crippen molar-refractivity contribution in [1.29, 1.82) is 0 Å². The van der Waals surface area contributed by atoms with Crippen LogP contribution in [0.1, 0.15) is 41.1 Å². The molecular weight excluding hydrogens is 382 g/mol. The number of esters is 1. The average Bonchev–Trinajstić information content (AvgIpc) is 2.63. The van der Waals surface area contributed by atoms with Crippen molar-refractivity contribution in [3.8, 4) is 0 Å². The third-order valence-corrected chi connectivity index (χ3v) is 5.12. The van der Waals surface area contributed by atoms with Crippen LogP contribution in [0.15, 0.2) is 58.0 Å². The third-order valence-electron chi connectivity index (χ3n) is 4.29. The quantitative estimate of drug-likeness (QED) is 0.693. The predicted octanol–water partition coefficient (Wildman–Crippen LogP) is 4.85. The highest BCUT2D eigenvalue weighted by molar-refractivity contribution is 9.10. The van der Waals surface area contributed by atoms with E-state index in [1.807, 2.05) is 24.3 Å². The van der Waals surface area contributed by atoms with Gasteiger partial charge in [-0.05, 0) is 46.0 Å². The van der Waals surface area contributed by atoms with Crippen molar-refractivity contribution in [2.75, 3.05) is 7.11 Å². The minimum Gasteiger partial charge on any atom is -0.465 e. The number of aliphatic imine (C=N–C) groups is 1. The molecule has 0 spiro atoms. The van der Waals surface area contributed by atoms with Crippen molar-refractivity contribution < 1.29 is 14.3 Å². The largest absolute Gasteiger partial charge is 0.465 e. The Balaban J connectivity index is 1.90. The zero-order valence-corrected chi connectivity index (χ0v) is 15.5. The van der Waals surface area contributed by atoms with Gasteiger partial charge in [-0.1, -0.05) is 36.4 Å². The highest BCUT2D eigenvalue weighted by Gasteiger charge is 2.25. The van der Waals surface area contributed by atoms with Gasteiger partial charge in [0, 0.05) is 18.6 Å². The van der Waals surface area contributed by atoms with Gasteiger partial charge in [0.25, 0.3) is 0 Å². The molecule has 1 aliphatic carbocycles. The van der Waals surface area contributed by atoms with Gasteiger partial charge < -0.3 is 4.74 Å². The number of methoxy groups -OCH3 is 1. The molecule has 1 saturated carbocycles. The van der Waals surface area contributed by atoms with Crippen molar-refractivity contribution in [2.24, 2.45) is 4.99 Å². The van der Waals surface area contributed by atoms with Crippen molar-refractivity contribution >= 4 is 39.1 Å². The fourth-order valence-corrected chi connectivity index (χ4v) is 3.61. The van der Waals surface area contributed by atoms with Crippen LogP contribution in [0.25, 0.3) is 0 Å². The standard InChI is InChI=1S/C20H18BrNO3/c1-25-20(24)17-8-5-9-18(19(17)21)22-15-10-14(11-16(23)12-15)13-6-3-2-4-7-13/h2-9,14H,10-12H2,1H3. The summed E-state index contributed by atoms with van der Waals surface area (Å²) in [5, 5.41) is 0. The molecule has 5 heteroatoms. The number of carbonyl (C=O) groups is 2. The number of hydrogen-bond acceptors (Lipinski definition) is 4. The molecule has 0 aliphatic heterocycles. The lowest BCUT2D eigenvalue weighted by Crippen LogP contribution is -2.21. The maximum Gasteiger partial charge on any atom is 0.339 e. The fraction of sp³-hybridized carbons (Fsp3) is 0.250. The summed E-state index contributed by atoms with van der Waals surface area (Å²) in [6.07, 6.45) is 1.65. The third kappa shape index (κ3) is 4.04. The van der Waals surface area contributed by atoms with Gasteiger partial charge in [0.2, 0.25) is 0 Å². The van der Waals surface area contributed by atoms with E-state index >= 15 is 0 Å². The Morgan fingerprint density at radius 3 is 2.60 bits per heavy atom. The number of halogens is 1. The summed E-state index contributed by atoms with van der Waals surface area (Å²) < 4.78 is 5.37. The monoisotopic (exact) mass is 399 g/mol. The molecule has 128 valence electrons. The van der Waals surface area contributed by atoms with E-state index in [1.54, 1.807) is 12.1 Å². The first-order chi connectivity index (χ1) is 12.1. The summed E-state index contributed by atoms with van der Waals surface area (Å²) in [6, 6.07) is 15.3. The number of hydrogen-bond donors (Lipinski definition) is 0. The summed E-state index contributed by atoms with van der Waals surface area (Å²) in [5.41, 5.74) is 3.06. The minimum atomic E-state index is -0.421. The zero-order valence-electron chi connectivity index (χ0n) is 13.9. The molecule has 1 atom stereocenters. The second-order valence-electron chi connectivity index (χ2n) is 6.04. The van der Waals surface area contributed by atoms with Gasteiger partial charge in [0.1, 0.15) is 5.78 Å². The zero-order chi connectivity index (χ0) is 17.8. The first kappa shape index (κ1) is 17.5. The molecule has 4 nitrogen and oxygen atoms in total. The fourth-order valence-electron chi connectivity index (χ4n) is 3.09. The van der Waals surface area contributed by atoms with Gasteiger partial charge in [-0.3, -0.25) is 9.79 Å². The van der Waals surface area contributed by atoms with Gasteiger partial charge in [-0.25, -0.2) is 4.79 Å². The lowest BCUT2D eigenvalue weighted by atomic mass is 9.82. The summed E-state index contributed by atoms with van der Waals surface area (Å²) in [4.78, 5) is 28.7.